The molecule has 0 fully saturated rings. The maximum absolute atomic E-state index is 11.6. The van der Waals surface area contributed by atoms with Gasteiger partial charge in [0.2, 0.25) is 0 Å². The Morgan fingerprint density at radius 1 is 0.420 bits per heavy atom. The minimum atomic E-state index is -0.347. The number of aryl methyl sites for hydroxylation is 1. The fourth-order valence-electron chi connectivity index (χ4n) is 10.5. The molecule has 0 aliphatic heterocycles. The number of carbonyl (C=O) groups is 1. The monoisotopic (exact) mass is 1160 g/mol. The van der Waals surface area contributed by atoms with Crippen LogP contribution < -0.4 is 0 Å². The Morgan fingerprint density at radius 3 is 1.01 bits per heavy atom. The molecule has 10 bridgehead atoms. The van der Waals surface area contributed by atoms with Crippen LogP contribution in [0.25, 0.3) is 69.5 Å². The normalized spacial score (nSPS) is 15.4. The SMILES string of the molecule is C=C(C)C(=O)OCCCCCCCCCCCn1cc(-c2cc3cc(c2)/C(C#N)=C/c2cc(cc(C(C)(C)C)c2)/C(C#N)=C/c2cc(cc(C(C)(C)C)c2)/C(C#N)=C/c2cc(cc(C(C)(C)C)c2)/C(C#N)=C/c2cc(cc(C(C)(C)C)c2)C(C#N)=C3)nn1. The largest absolute Gasteiger partial charge is 0.462 e. The highest BCUT2D eigenvalue weighted by molar-refractivity contribution is 5.98. The third kappa shape index (κ3) is 17.9. The van der Waals surface area contributed by atoms with Crippen molar-refractivity contribution in [1.29, 1.82) is 26.3 Å². The number of esters is 1. The zero-order chi connectivity index (χ0) is 64.1. The van der Waals surface area contributed by atoms with Gasteiger partial charge in [0.15, 0.2) is 0 Å². The highest BCUT2D eigenvalue weighted by Gasteiger charge is 2.23. The van der Waals surface area contributed by atoms with Crippen molar-refractivity contribution in [3.63, 3.8) is 0 Å². The van der Waals surface area contributed by atoms with E-state index in [0.29, 0.717) is 91.2 Å². The molecule has 0 radical (unpaired) electrons. The lowest BCUT2D eigenvalue weighted by molar-refractivity contribution is -0.139. The molecule has 7 rings (SSSR count). The van der Waals surface area contributed by atoms with Crippen LogP contribution in [-0.2, 0) is 37.7 Å². The summed E-state index contributed by atoms with van der Waals surface area (Å²) in [4.78, 5) is 11.6. The number of nitriles is 5. The summed E-state index contributed by atoms with van der Waals surface area (Å²) < 4.78 is 7.08. The van der Waals surface area contributed by atoms with Gasteiger partial charge in [-0.05, 0) is 216 Å². The minimum Gasteiger partial charge on any atom is -0.462 e. The maximum Gasteiger partial charge on any atom is 0.333 e. The van der Waals surface area contributed by atoms with Gasteiger partial charge in [0.1, 0.15) is 5.69 Å². The summed E-state index contributed by atoms with van der Waals surface area (Å²) >= 11 is 0. The van der Waals surface area contributed by atoms with Crippen LogP contribution in [0.4, 0.5) is 0 Å². The molecule has 10 heteroatoms. The van der Waals surface area contributed by atoms with Crippen molar-refractivity contribution < 1.29 is 9.53 Å². The van der Waals surface area contributed by atoms with E-state index in [1.165, 1.54) is 0 Å². The molecule has 6 aromatic rings. The maximum atomic E-state index is 11.6. The van der Waals surface area contributed by atoms with Crippen LogP contribution in [-0.4, -0.2) is 27.6 Å². The van der Waals surface area contributed by atoms with Crippen molar-refractivity contribution in [2.24, 2.45) is 0 Å². The molecular formula is C78H84N8O2. The van der Waals surface area contributed by atoms with Crippen molar-refractivity contribution in [3.05, 3.63) is 187 Å². The van der Waals surface area contributed by atoms with Gasteiger partial charge in [0.25, 0.3) is 0 Å². The molecule has 0 saturated carbocycles. The number of rotatable bonds is 14. The highest BCUT2D eigenvalue weighted by Crippen LogP contribution is 2.37. The number of allylic oxidation sites excluding steroid dienone is 5. The average molecular weight is 1170 g/mol. The summed E-state index contributed by atoms with van der Waals surface area (Å²) in [5, 5.41) is 64.8. The molecule has 0 N–H and O–H groups in total. The molecule has 1 aromatic heterocycles. The van der Waals surface area contributed by atoms with E-state index in [1.807, 2.05) is 108 Å². The van der Waals surface area contributed by atoms with E-state index in [4.69, 9.17) is 4.74 Å². The zero-order valence-electron chi connectivity index (χ0n) is 54.0. The summed E-state index contributed by atoms with van der Waals surface area (Å²) in [7, 11) is 0. The quantitative estimate of drug-likeness (QED) is 0.0583. The molecule has 448 valence electrons. The molecule has 10 nitrogen and oxygen atoms in total. The van der Waals surface area contributed by atoms with Gasteiger partial charge in [-0.2, -0.15) is 26.3 Å². The molecule has 1 aliphatic rings. The van der Waals surface area contributed by atoms with Crippen LogP contribution in [0.3, 0.4) is 0 Å². The molecule has 5 aromatic carbocycles. The Bertz CT molecular complexity index is 3990. The predicted octanol–water partition coefficient (Wildman–Crippen LogP) is 19.4. The standard InChI is InChI=1S/C78H84N8O2/c1-52(2)74(87)88-25-23-21-19-17-15-16-18-20-22-24-86-51-73(84-85-86)63-31-53-26-58(41-63)64(46-79)33-54-27-60(43-69(37-54)75(3,4)5)66(48-81)35-56-29-62(45-71(39-56)77(9,10)11)68(50-83)36-57-30-61(44-72(40-57)78(12,13)14)67(49-82)34-55-28-59(65(32-53)47-80)42-70(38-55)76(6,7)8/h26-45,51H,1,15-25H2,2-14H3/b64-33+,65-32?,66-35+,67-34+,68-36+. The number of ether oxygens (including phenoxy) is 1. The van der Waals surface area contributed by atoms with Crippen molar-refractivity contribution in [2.75, 3.05) is 6.61 Å². The van der Waals surface area contributed by atoms with Gasteiger partial charge in [-0.15, -0.1) is 5.10 Å². The molecule has 1 heterocycles. The number of aromatic nitrogens is 3. The van der Waals surface area contributed by atoms with Crippen LogP contribution in [0.15, 0.2) is 109 Å². The fraction of sp³-hybridized carbons (Fsp3) is 0.359. The second kappa shape index (κ2) is 28.4. The summed E-state index contributed by atoms with van der Waals surface area (Å²) in [5.74, 6) is -0.325. The lowest BCUT2D eigenvalue weighted by atomic mass is 9.82. The predicted molar refractivity (Wildman–Crippen MR) is 361 cm³/mol. The third-order valence-corrected chi connectivity index (χ3v) is 15.9. The van der Waals surface area contributed by atoms with Crippen molar-refractivity contribution in [3.8, 4) is 41.6 Å². The molecule has 0 unspecified atom stereocenters. The lowest BCUT2D eigenvalue weighted by Gasteiger charge is -2.22. The summed E-state index contributed by atoms with van der Waals surface area (Å²) in [6.45, 7) is 31.9. The van der Waals surface area contributed by atoms with Gasteiger partial charge in [-0.25, -0.2) is 4.79 Å². The van der Waals surface area contributed by atoms with E-state index in [2.05, 4.69) is 155 Å². The van der Waals surface area contributed by atoms with E-state index in [-0.39, 0.29) is 27.6 Å². The van der Waals surface area contributed by atoms with Gasteiger partial charge in [-0.3, -0.25) is 4.68 Å². The highest BCUT2D eigenvalue weighted by atomic mass is 16.5. The Hall–Kier alpha value is -9.40. The first kappa shape index (κ1) is 66.1. The first-order valence-electron chi connectivity index (χ1n) is 30.7. The van der Waals surface area contributed by atoms with Crippen LogP contribution in [0, 0.1) is 56.7 Å². The fourth-order valence-corrected chi connectivity index (χ4v) is 10.5. The van der Waals surface area contributed by atoms with E-state index < -0.39 is 0 Å². The van der Waals surface area contributed by atoms with Crippen molar-refractivity contribution >= 4 is 64.2 Å². The Kier molecular flexibility index (Phi) is 21.3. The van der Waals surface area contributed by atoms with Gasteiger partial charge in [0.05, 0.1) is 71.0 Å². The first-order valence-corrected chi connectivity index (χ1v) is 30.7. The molecule has 88 heavy (non-hydrogen) atoms. The number of fused-ring (bicyclic) bond motifs is 10. The number of hydrogen-bond donors (Lipinski definition) is 0. The van der Waals surface area contributed by atoms with Crippen LogP contribution in [0.1, 0.15) is 226 Å². The van der Waals surface area contributed by atoms with Crippen molar-refractivity contribution in [2.45, 2.75) is 176 Å². The van der Waals surface area contributed by atoms with Gasteiger partial charge in [-0.1, -0.05) is 164 Å². The minimum absolute atomic E-state index is 0.325. The zero-order valence-corrected chi connectivity index (χ0v) is 54.0. The van der Waals surface area contributed by atoms with Crippen molar-refractivity contribution in [1.82, 2.24) is 15.0 Å². The number of carbonyl (C=O) groups excluding carboxylic acids is 1. The Morgan fingerprint density at radius 2 is 0.705 bits per heavy atom. The van der Waals surface area contributed by atoms with Crippen LogP contribution in [0.5, 0.6) is 0 Å². The summed E-state index contributed by atoms with van der Waals surface area (Å²) in [6, 6.07) is 42.6. The van der Waals surface area contributed by atoms with Crippen LogP contribution >= 0.6 is 0 Å². The first-order chi connectivity index (χ1) is 41.6. The number of unbranched alkanes of at least 4 members (excludes halogenated alkanes) is 8. The van der Waals surface area contributed by atoms with Gasteiger partial charge < -0.3 is 4.74 Å². The van der Waals surface area contributed by atoms with Crippen LogP contribution in [0.2, 0.25) is 0 Å². The molecule has 1 aliphatic carbocycles. The van der Waals surface area contributed by atoms with Gasteiger partial charge >= 0.3 is 5.97 Å². The number of nitrogens with zero attached hydrogens (tertiary/aromatic N) is 8. The molecule has 0 amide bonds. The van der Waals surface area contributed by atoms with E-state index in [0.717, 1.165) is 102 Å². The molecular weight excluding hydrogens is 1080 g/mol. The smallest absolute Gasteiger partial charge is 0.333 e. The average Bonchev–Trinajstić information content (AvgIpc) is 2.62. The van der Waals surface area contributed by atoms with Gasteiger partial charge in [0, 0.05) is 17.7 Å². The second-order valence-corrected chi connectivity index (χ2v) is 27.5. The number of benzene rings is 5. The van der Waals surface area contributed by atoms with E-state index >= 15 is 0 Å². The third-order valence-electron chi connectivity index (χ3n) is 15.9. The Labute approximate surface area is 523 Å². The Balaban J connectivity index is 1.39. The topological polar surface area (TPSA) is 176 Å². The van der Waals surface area contributed by atoms with E-state index in [1.54, 1.807) is 6.92 Å². The molecule has 0 atom stereocenters. The second-order valence-electron chi connectivity index (χ2n) is 27.5. The number of hydrogen-bond acceptors (Lipinski definition) is 9. The summed E-state index contributed by atoms with van der Waals surface area (Å²) in [5.41, 5.74) is 13.2. The molecule has 0 saturated heterocycles. The summed E-state index contributed by atoms with van der Waals surface area (Å²) in [6.07, 6.45) is 20.8. The molecule has 0 spiro atoms. The van der Waals surface area contributed by atoms with E-state index in [9.17, 15) is 31.1 Å². The lowest BCUT2D eigenvalue weighted by Crippen LogP contribution is -2.12.